The van der Waals surface area contributed by atoms with Crippen molar-refractivity contribution in [2.75, 3.05) is 27.4 Å². The summed E-state index contributed by atoms with van der Waals surface area (Å²) >= 11 is 0. The van der Waals surface area contributed by atoms with Gasteiger partial charge in [-0.2, -0.15) is 0 Å². The highest BCUT2D eigenvalue weighted by Gasteiger charge is 2.16. The number of ether oxygens (including phenoxy) is 3. The maximum absolute atomic E-state index is 12.0. The molecule has 0 aliphatic carbocycles. The number of benzene rings is 1. The Bertz CT molecular complexity index is 499. The highest BCUT2D eigenvalue weighted by Crippen LogP contribution is 2.24. The maximum atomic E-state index is 12.0. The minimum Gasteiger partial charge on any atom is -0.497 e. The second-order valence-electron chi connectivity index (χ2n) is 4.84. The number of methoxy groups -OCH3 is 2. The Kier molecular flexibility index (Phi) is 6.52. The van der Waals surface area contributed by atoms with Gasteiger partial charge < -0.3 is 19.5 Å². The number of hydrogen-bond acceptors (Lipinski definition) is 5. The molecule has 0 heterocycles. The van der Waals surface area contributed by atoms with Crippen LogP contribution >= 0.6 is 0 Å². The Morgan fingerprint density at radius 3 is 2.48 bits per heavy atom. The molecule has 0 saturated heterocycles. The van der Waals surface area contributed by atoms with Crippen molar-refractivity contribution < 1.29 is 23.8 Å². The summed E-state index contributed by atoms with van der Waals surface area (Å²) < 4.78 is 15.1. The van der Waals surface area contributed by atoms with E-state index in [9.17, 15) is 9.59 Å². The molecule has 116 valence electrons. The molecule has 0 unspecified atom stereocenters. The van der Waals surface area contributed by atoms with E-state index in [4.69, 9.17) is 14.2 Å². The molecular formula is C15H21NO5. The molecule has 1 aromatic carbocycles. The zero-order valence-electron chi connectivity index (χ0n) is 12.8. The molecule has 0 aliphatic rings. The lowest BCUT2D eigenvalue weighted by Crippen LogP contribution is -2.31. The first kappa shape index (κ1) is 16.8. The van der Waals surface area contributed by atoms with Crippen molar-refractivity contribution in [2.24, 2.45) is 5.92 Å². The first-order valence-corrected chi connectivity index (χ1v) is 6.63. The minimum atomic E-state index is -0.634. The van der Waals surface area contributed by atoms with Gasteiger partial charge in [0.2, 0.25) is 0 Å². The zero-order valence-corrected chi connectivity index (χ0v) is 12.8. The van der Waals surface area contributed by atoms with Gasteiger partial charge >= 0.3 is 5.97 Å². The van der Waals surface area contributed by atoms with Crippen LogP contribution in [0.4, 0.5) is 0 Å². The van der Waals surface area contributed by atoms with Gasteiger partial charge in [0.1, 0.15) is 17.1 Å². The molecule has 1 amide bonds. The fourth-order valence-electron chi connectivity index (χ4n) is 1.55. The summed E-state index contributed by atoms with van der Waals surface area (Å²) in [6.45, 7) is 4.17. The summed E-state index contributed by atoms with van der Waals surface area (Å²) in [5.74, 6) is 0.239. The van der Waals surface area contributed by atoms with Crippen LogP contribution in [0.5, 0.6) is 11.5 Å². The molecule has 21 heavy (non-hydrogen) atoms. The van der Waals surface area contributed by atoms with E-state index in [1.165, 1.54) is 20.3 Å². The molecule has 0 spiro atoms. The SMILES string of the molecule is COc1ccc(OC)c(C(=O)OCC(=O)NCC(C)C)c1. The molecule has 1 rings (SSSR count). The van der Waals surface area contributed by atoms with E-state index in [2.05, 4.69) is 5.32 Å². The fourth-order valence-corrected chi connectivity index (χ4v) is 1.55. The van der Waals surface area contributed by atoms with Crippen LogP contribution in [0.25, 0.3) is 0 Å². The van der Waals surface area contributed by atoms with Crippen LogP contribution < -0.4 is 14.8 Å². The van der Waals surface area contributed by atoms with Gasteiger partial charge in [-0.3, -0.25) is 4.79 Å². The summed E-state index contributed by atoms with van der Waals surface area (Å²) in [7, 11) is 2.95. The average Bonchev–Trinajstić information content (AvgIpc) is 2.49. The van der Waals surface area contributed by atoms with Crippen molar-refractivity contribution in [3.8, 4) is 11.5 Å². The van der Waals surface area contributed by atoms with Gasteiger partial charge in [0.25, 0.3) is 5.91 Å². The van der Waals surface area contributed by atoms with Crippen LogP contribution in [0, 0.1) is 5.92 Å². The molecule has 6 nitrogen and oxygen atoms in total. The van der Waals surface area contributed by atoms with Crippen LogP contribution in [-0.2, 0) is 9.53 Å². The summed E-state index contributed by atoms with van der Waals surface area (Å²) in [6.07, 6.45) is 0. The Hall–Kier alpha value is -2.24. The van der Waals surface area contributed by atoms with E-state index in [1.807, 2.05) is 13.8 Å². The number of amides is 1. The van der Waals surface area contributed by atoms with Crippen molar-refractivity contribution in [2.45, 2.75) is 13.8 Å². The largest absolute Gasteiger partial charge is 0.497 e. The molecule has 0 atom stereocenters. The molecule has 0 bridgehead atoms. The van der Waals surface area contributed by atoms with E-state index in [0.29, 0.717) is 24.0 Å². The number of carbonyl (C=O) groups is 2. The third-order valence-electron chi connectivity index (χ3n) is 2.67. The van der Waals surface area contributed by atoms with Crippen LogP contribution in [0.15, 0.2) is 18.2 Å². The highest BCUT2D eigenvalue weighted by atomic mass is 16.5. The van der Waals surface area contributed by atoms with Gasteiger partial charge in [-0.25, -0.2) is 4.79 Å². The number of hydrogen-bond donors (Lipinski definition) is 1. The van der Waals surface area contributed by atoms with Crippen molar-refractivity contribution in [1.29, 1.82) is 0 Å². The molecule has 0 aliphatic heterocycles. The van der Waals surface area contributed by atoms with Crippen molar-refractivity contribution in [1.82, 2.24) is 5.32 Å². The molecule has 6 heteroatoms. The Labute approximate surface area is 124 Å². The van der Waals surface area contributed by atoms with Gasteiger partial charge in [-0.05, 0) is 24.1 Å². The fraction of sp³-hybridized carbons (Fsp3) is 0.467. The third-order valence-corrected chi connectivity index (χ3v) is 2.67. The number of esters is 1. The first-order valence-electron chi connectivity index (χ1n) is 6.63. The standard InChI is InChI=1S/C15H21NO5/c1-10(2)8-16-14(17)9-21-15(18)12-7-11(19-3)5-6-13(12)20-4/h5-7,10H,8-9H2,1-4H3,(H,16,17). The normalized spacial score (nSPS) is 10.1. The lowest BCUT2D eigenvalue weighted by atomic mass is 10.2. The van der Waals surface area contributed by atoms with Gasteiger partial charge in [0.15, 0.2) is 6.61 Å². The van der Waals surface area contributed by atoms with Crippen LogP contribution in [0.3, 0.4) is 0 Å². The van der Waals surface area contributed by atoms with Gasteiger partial charge in [0, 0.05) is 6.54 Å². The summed E-state index contributed by atoms with van der Waals surface area (Å²) in [5, 5.41) is 2.67. The molecule has 0 radical (unpaired) electrons. The summed E-state index contributed by atoms with van der Waals surface area (Å²) in [4.78, 5) is 23.5. The lowest BCUT2D eigenvalue weighted by molar-refractivity contribution is -0.124. The van der Waals surface area contributed by atoms with E-state index >= 15 is 0 Å². The smallest absolute Gasteiger partial charge is 0.342 e. The quantitative estimate of drug-likeness (QED) is 0.774. The lowest BCUT2D eigenvalue weighted by Gasteiger charge is -2.11. The van der Waals surface area contributed by atoms with E-state index in [1.54, 1.807) is 12.1 Å². The highest BCUT2D eigenvalue weighted by molar-refractivity contribution is 5.94. The topological polar surface area (TPSA) is 73.9 Å². The van der Waals surface area contributed by atoms with Gasteiger partial charge in [0.05, 0.1) is 14.2 Å². The van der Waals surface area contributed by atoms with Crippen molar-refractivity contribution in [3.63, 3.8) is 0 Å². The van der Waals surface area contributed by atoms with Crippen LogP contribution in [0.2, 0.25) is 0 Å². The number of nitrogens with one attached hydrogen (secondary N) is 1. The van der Waals surface area contributed by atoms with Crippen LogP contribution in [0.1, 0.15) is 24.2 Å². The number of carbonyl (C=O) groups excluding carboxylic acids is 2. The van der Waals surface area contributed by atoms with E-state index in [-0.39, 0.29) is 18.1 Å². The van der Waals surface area contributed by atoms with Crippen molar-refractivity contribution >= 4 is 11.9 Å². The van der Waals surface area contributed by atoms with Crippen LogP contribution in [-0.4, -0.2) is 39.2 Å². The monoisotopic (exact) mass is 295 g/mol. The van der Waals surface area contributed by atoms with Gasteiger partial charge in [-0.15, -0.1) is 0 Å². The van der Waals surface area contributed by atoms with E-state index < -0.39 is 5.97 Å². The minimum absolute atomic E-state index is 0.216. The summed E-state index contributed by atoms with van der Waals surface area (Å²) in [5.41, 5.74) is 0.216. The summed E-state index contributed by atoms with van der Waals surface area (Å²) in [6, 6.07) is 4.78. The molecule has 0 saturated carbocycles. The second kappa shape index (κ2) is 8.14. The predicted molar refractivity (Wildman–Crippen MR) is 77.7 cm³/mol. The Balaban J connectivity index is 2.64. The Morgan fingerprint density at radius 2 is 1.90 bits per heavy atom. The second-order valence-corrected chi connectivity index (χ2v) is 4.84. The molecule has 0 fully saturated rings. The maximum Gasteiger partial charge on any atom is 0.342 e. The van der Waals surface area contributed by atoms with Crippen molar-refractivity contribution in [3.05, 3.63) is 23.8 Å². The van der Waals surface area contributed by atoms with E-state index in [0.717, 1.165) is 0 Å². The molecular weight excluding hydrogens is 274 g/mol. The Morgan fingerprint density at radius 1 is 1.19 bits per heavy atom. The average molecular weight is 295 g/mol. The molecule has 0 aromatic heterocycles. The molecule has 1 N–H and O–H groups in total. The predicted octanol–water partition coefficient (Wildman–Crippen LogP) is 1.63. The van der Waals surface area contributed by atoms with Gasteiger partial charge in [-0.1, -0.05) is 13.8 Å². The zero-order chi connectivity index (χ0) is 15.8. The molecule has 1 aromatic rings. The number of rotatable bonds is 7. The third kappa shape index (κ3) is 5.33. The first-order chi connectivity index (χ1) is 9.97.